The molecule has 0 radical (unpaired) electrons. The first-order chi connectivity index (χ1) is 9.60. The van der Waals surface area contributed by atoms with Crippen molar-refractivity contribution in [1.29, 1.82) is 5.26 Å². The summed E-state index contributed by atoms with van der Waals surface area (Å²) in [6.45, 7) is 0.209. The van der Waals surface area contributed by atoms with E-state index in [0.29, 0.717) is 11.4 Å². The lowest BCUT2D eigenvalue weighted by atomic mass is 10.1. The average molecular weight is 269 g/mol. The van der Waals surface area contributed by atoms with Gasteiger partial charge >= 0.3 is 5.97 Å². The van der Waals surface area contributed by atoms with Crippen molar-refractivity contribution in [2.75, 3.05) is 5.73 Å². The van der Waals surface area contributed by atoms with E-state index in [1.165, 1.54) is 18.3 Å². The molecule has 1 aromatic carbocycles. The number of carboxylic acid groups (broad SMARTS) is 1. The van der Waals surface area contributed by atoms with Crippen molar-refractivity contribution in [2.24, 2.45) is 0 Å². The monoisotopic (exact) mass is 269 g/mol. The number of pyridine rings is 1. The highest BCUT2D eigenvalue weighted by Gasteiger charge is 2.09. The van der Waals surface area contributed by atoms with Crippen molar-refractivity contribution in [2.45, 2.75) is 6.61 Å². The minimum Gasteiger partial charge on any atom is -0.489 e. The molecule has 2 aromatic rings. The summed E-state index contributed by atoms with van der Waals surface area (Å²) in [4.78, 5) is 14.8. The molecule has 0 saturated carbocycles. The highest BCUT2D eigenvalue weighted by atomic mass is 16.5. The van der Waals surface area contributed by atoms with Crippen molar-refractivity contribution in [3.05, 3.63) is 53.3 Å². The second kappa shape index (κ2) is 5.71. The van der Waals surface area contributed by atoms with Crippen molar-refractivity contribution >= 4 is 11.7 Å². The third kappa shape index (κ3) is 3.03. The predicted octanol–water partition coefficient (Wildman–Crippen LogP) is 1.81. The maximum absolute atomic E-state index is 11.0. The molecule has 6 nitrogen and oxygen atoms in total. The van der Waals surface area contributed by atoms with E-state index in [1.54, 1.807) is 18.2 Å². The highest BCUT2D eigenvalue weighted by Crippen LogP contribution is 2.20. The number of nitrogens with zero attached hydrogens (tertiary/aromatic N) is 2. The number of carbonyl (C=O) groups is 1. The van der Waals surface area contributed by atoms with Crippen LogP contribution in [-0.4, -0.2) is 16.1 Å². The van der Waals surface area contributed by atoms with E-state index in [2.05, 4.69) is 4.98 Å². The van der Waals surface area contributed by atoms with Gasteiger partial charge in [-0.1, -0.05) is 0 Å². The highest BCUT2D eigenvalue weighted by molar-refractivity contribution is 5.94. The molecule has 0 spiro atoms. The number of anilines is 1. The van der Waals surface area contributed by atoms with Gasteiger partial charge in [0.15, 0.2) is 0 Å². The van der Waals surface area contributed by atoms with Crippen LogP contribution in [0.1, 0.15) is 21.6 Å². The van der Waals surface area contributed by atoms with Crippen molar-refractivity contribution in [3.63, 3.8) is 0 Å². The number of nitrogens with two attached hydrogens (primary N) is 1. The molecule has 0 aliphatic carbocycles. The molecule has 0 unspecified atom stereocenters. The summed E-state index contributed by atoms with van der Waals surface area (Å²) in [6.07, 6.45) is 1.52. The Morgan fingerprint density at radius 3 is 2.90 bits per heavy atom. The Labute approximate surface area is 115 Å². The maximum atomic E-state index is 11.0. The quantitative estimate of drug-likeness (QED) is 0.819. The van der Waals surface area contributed by atoms with Crippen LogP contribution in [0.4, 0.5) is 5.69 Å². The Balaban J connectivity index is 2.13. The van der Waals surface area contributed by atoms with Gasteiger partial charge in [0, 0.05) is 11.9 Å². The normalized spacial score (nSPS) is 9.75. The fourth-order valence-electron chi connectivity index (χ4n) is 1.60. The average Bonchev–Trinajstić information content (AvgIpc) is 2.46. The lowest BCUT2D eigenvalue weighted by molar-refractivity contribution is 0.0697. The van der Waals surface area contributed by atoms with Gasteiger partial charge in [0.2, 0.25) is 0 Å². The minimum atomic E-state index is -1.11. The van der Waals surface area contributed by atoms with Crippen LogP contribution in [0.5, 0.6) is 5.75 Å². The SMILES string of the molecule is N#Cc1cc(COc2ccc(N)c(C(=O)O)c2)ccn1. The van der Waals surface area contributed by atoms with Crippen molar-refractivity contribution in [3.8, 4) is 11.8 Å². The van der Waals surface area contributed by atoms with E-state index < -0.39 is 5.97 Å². The number of rotatable bonds is 4. The van der Waals surface area contributed by atoms with Crippen LogP contribution >= 0.6 is 0 Å². The molecule has 2 rings (SSSR count). The summed E-state index contributed by atoms with van der Waals surface area (Å²) in [5, 5.41) is 17.7. The van der Waals surface area contributed by atoms with Crippen LogP contribution in [0.3, 0.4) is 0 Å². The molecule has 0 amide bonds. The topological polar surface area (TPSA) is 109 Å². The van der Waals surface area contributed by atoms with E-state index in [0.717, 1.165) is 5.56 Å². The Hall–Kier alpha value is -3.07. The predicted molar refractivity (Wildman–Crippen MR) is 71.1 cm³/mol. The smallest absolute Gasteiger partial charge is 0.337 e. The summed E-state index contributed by atoms with van der Waals surface area (Å²) in [7, 11) is 0. The molecule has 1 aromatic heterocycles. The Morgan fingerprint density at radius 2 is 2.20 bits per heavy atom. The Kier molecular flexibility index (Phi) is 3.82. The van der Waals surface area contributed by atoms with Gasteiger partial charge in [-0.25, -0.2) is 9.78 Å². The minimum absolute atomic E-state index is 0.00468. The fourth-order valence-corrected chi connectivity index (χ4v) is 1.60. The van der Waals surface area contributed by atoms with Crippen LogP contribution in [-0.2, 0) is 6.61 Å². The maximum Gasteiger partial charge on any atom is 0.337 e. The summed E-state index contributed by atoms with van der Waals surface area (Å²) in [5.74, 6) is -0.712. The van der Waals surface area contributed by atoms with Crippen molar-refractivity contribution < 1.29 is 14.6 Å². The molecule has 6 heteroatoms. The number of nitrogen functional groups attached to an aromatic ring is 1. The zero-order valence-corrected chi connectivity index (χ0v) is 10.4. The summed E-state index contributed by atoms with van der Waals surface area (Å²) < 4.78 is 5.48. The van der Waals surface area contributed by atoms with Crippen LogP contribution in [0.25, 0.3) is 0 Å². The first-order valence-corrected chi connectivity index (χ1v) is 5.71. The van der Waals surface area contributed by atoms with Gasteiger partial charge in [0.25, 0.3) is 0 Å². The summed E-state index contributed by atoms with van der Waals surface area (Å²) in [5.41, 5.74) is 6.80. The third-order valence-electron chi connectivity index (χ3n) is 2.60. The van der Waals surface area contributed by atoms with Crippen LogP contribution in [0.2, 0.25) is 0 Å². The number of benzene rings is 1. The van der Waals surface area contributed by atoms with Gasteiger partial charge in [0.1, 0.15) is 24.1 Å². The zero-order valence-electron chi connectivity index (χ0n) is 10.4. The Morgan fingerprint density at radius 1 is 1.40 bits per heavy atom. The van der Waals surface area contributed by atoms with E-state index in [4.69, 9.17) is 20.8 Å². The first kappa shape index (κ1) is 13.4. The van der Waals surface area contributed by atoms with Crippen LogP contribution in [0, 0.1) is 11.3 Å². The van der Waals surface area contributed by atoms with Gasteiger partial charge in [-0.2, -0.15) is 5.26 Å². The fraction of sp³-hybridized carbons (Fsp3) is 0.0714. The molecule has 3 N–H and O–H groups in total. The molecule has 0 aliphatic heterocycles. The molecule has 20 heavy (non-hydrogen) atoms. The number of nitriles is 1. The van der Waals surface area contributed by atoms with Gasteiger partial charge in [-0.05, 0) is 35.9 Å². The van der Waals surface area contributed by atoms with E-state index in [9.17, 15) is 4.79 Å². The molecule has 0 atom stereocenters. The third-order valence-corrected chi connectivity index (χ3v) is 2.60. The standard InChI is InChI=1S/C14H11N3O3/c15-7-10-5-9(3-4-17-10)8-20-11-1-2-13(16)12(6-11)14(18)19/h1-6H,8,16H2,(H,18,19). The lowest BCUT2D eigenvalue weighted by Gasteiger charge is -2.08. The van der Waals surface area contributed by atoms with E-state index in [-0.39, 0.29) is 17.9 Å². The second-order valence-corrected chi connectivity index (χ2v) is 4.00. The number of carboxylic acids is 1. The molecular formula is C14H11N3O3. The number of hydrogen-bond donors (Lipinski definition) is 2. The lowest BCUT2D eigenvalue weighted by Crippen LogP contribution is -2.03. The number of aromatic nitrogens is 1. The number of hydrogen-bond acceptors (Lipinski definition) is 5. The van der Waals surface area contributed by atoms with Gasteiger partial charge in [-0.3, -0.25) is 0 Å². The first-order valence-electron chi connectivity index (χ1n) is 5.71. The van der Waals surface area contributed by atoms with E-state index in [1.807, 2.05) is 6.07 Å². The molecule has 100 valence electrons. The zero-order chi connectivity index (χ0) is 14.5. The van der Waals surface area contributed by atoms with Crippen molar-refractivity contribution in [1.82, 2.24) is 4.98 Å². The van der Waals surface area contributed by atoms with Gasteiger partial charge in [-0.15, -0.1) is 0 Å². The molecule has 0 saturated heterocycles. The Bertz CT molecular complexity index is 692. The number of ether oxygens (including phenoxy) is 1. The van der Waals surface area contributed by atoms with Gasteiger partial charge < -0.3 is 15.6 Å². The summed E-state index contributed by atoms with van der Waals surface area (Å²) in [6, 6.07) is 9.70. The molecule has 0 aliphatic rings. The largest absolute Gasteiger partial charge is 0.489 e. The van der Waals surface area contributed by atoms with Crippen LogP contribution in [0.15, 0.2) is 36.5 Å². The molecule has 0 bridgehead atoms. The molecule has 1 heterocycles. The molecule has 0 fully saturated rings. The summed E-state index contributed by atoms with van der Waals surface area (Å²) >= 11 is 0. The second-order valence-electron chi connectivity index (χ2n) is 4.00. The van der Waals surface area contributed by atoms with Gasteiger partial charge in [0.05, 0.1) is 5.56 Å². The van der Waals surface area contributed by atoms with E-state index >= 15 is 0 Å². The number of aromatic carboxylic acids is 1. The molecular weight excluding hydrogens is 258 g/mol. The van der Waals surface area contributed by atoms with Crippen LogP contribution < -0.4 is 10.5 Å².